The number of nitrogens with zero attached hydrogens (tertiary/aromatic N) is 2. The molecule has 4 nitrogen and oxygen atoms in total. The van der Waals surface area contributed by atoms with Gasteiger partial charge in [-0.05, 0) is 25.5 Å². The first-order chi connectivity index (χ1) is 9.10. The molecule has 1 aromatic heterocycles. The van der Waals surface area contributed by atoms with Gasteiger partial charge in [-0.25, -0.2) is 9.97 Å². The summed E-state index contributed by atoms with van der Waals surface area (Å²) in [6.45, 7) is 3.92. The summed E-state index contributed by atoms with van der Waals surface area (Å²) < 4.78 is 0. The third kappa shape index (κ3) is 3.35. The molecule has 2 N–H and O–H groups in total. The van der Waals surface area contributed by atoms with Crippen molar-refractivity contribution in [1.82, 2.24) is 9.97 Å². The van der Waals surface area contributed by atoms with E-state index in [1.807, 2.05) is 44.3 Å². The van der Waals surface area contributed by atoms with E-state index in [0.29, 0.717) is 0 Å². The van der Waals surface area contributed by atoms with Crippen molar-refractivity contribution in [2.75, 3.05) is 17.7 Å². The molecule has 2 rings (SSSR count). The lowest BCUT2D eigenvalue weighted by Crippen LogP contribution is -2.10. The quantitative estimate of drug-likeness (QED) is 0.895. The largest absolute Gasteiger partial charge is 0.373 e. The lowest BCUT2D eigenvalue weighted by Gasteiger charge is -2.17. The van der Waals surface area contributed by atoms with Crippen molar-refractivity contribution in [3.63, 3.8) is 0 Å². The summed E-state index contributed by atoms with van der Waals surface area (Å²) in [5.74, 6) is 2.30. The first-order valence-corrected chi connectivity index (χ1v) is 6.52. The van der Waals surface area contributed by atoms with E-state index in [9.17, 15) is 0 Å². The molecule has 0 amide bonds. The number of nitrogens with one attached hydrogen (secondary N) is 2. The van der Waals surface area contributed by atoms with Gasteiger partial charge in [0.05, 0.1) is 6.04 Å². The fourth-order valence-electron chi connectivity index (χ4n) is 1.90. The summed E-state index contributed by atoms with van der Waals surface area (Å²) in [5, 5.41) is 7.11. The zero-order valence-electron chi connectivity index (χ0n) is 11.2. The second kappa shape index (κ2) is 5.89. The number of hydrogen-bond acceptors (Lipinski definition) is 4. The van der Waals surface area contributed by atoms with Crippen molar-refractivity contribution >= 4 is 23.2 Å². The number of hydrogen-bond donors (Lipinski definition) is 2. The Kier molecular flexibility index (Phi) is 4.22. The normalized spacial score (nSPS) is 12.0. The monoisotopic (exact) mass is 276 g/mol. The second-order valence-electron chi connectivity index (χ2n) is 4.32. The molecule has 2 aromatic rings. The Morgan fingerprint density at radius 3 is 2.53 bits per heavy atom. The van der Waals surface area contributed by atoms with E-state index in [2.05, 4.69) is 27.5 Å². The average molecular weight is 277 g/mol. The average Bonchev–Trinajstić information content (AvgIpc) is 2.38. The van der Waals surface area contributed by atoms with Crippen LogP contribution in [0.5, 0.6) is 0 Å². The van der Waals surface area contributed by atoms with Crippen LogP contribution in [0.2, 0.25) is 5.02 Å². The Bertz CT molecular complexity index is 571. The van der Waals surface area contributed by atoms with Crippen molar-refractivity contribution in [3.8, 4) is 0 Å². The standard InChI is InChI=1S/C14H17ClN4/c1-9(11-6-4-5-7-12(11)15)17-14-8-13(16-3)18-10(2)19-14/h4-9H,1-3H3,(H2,16,17,18,19). The van der Waals surface area contributed by atoms with Crippen LogP contribution in [0.25, 0.3) is 0 Å². The zero-order valence-corrected chi connectivity index (χ0v) is 12.0. The number of rotatable bonds is 4. The highest BCUT2D eigenvalue weighted by atomic mass is 35.5. The van der Waals surface area contributed by atoms with Gasteiger partial charge in [-0.15, -0.1) is 0 Å². The first kappa shape index (κ1) is 13.6. The Hall–Kier alpha value is -1.81. The van der Waals surface area contributed by atoms with Crippen molar-refractivity contribution in [2.45, 2.75) is 19.9 Å². The molecule has 0 saturated carbocycles. The summed E-state index contributed by atoms with van der Waals surface area (Å²) in [6, 6.07) is 9.75. The summed E-state index contributed by atoms with van der Waals surface area (Å²) in [6.07, 6.45) is 0. The van der Waals surface area contributed by atoms with Crippen LogP contribution in [0, 0.1) is 6.92 Å². The fourth-order valence-corrected chi connectivity index (χ4v) is 2.19. The number of benzene rings is 1. The van der Waals surface area contributed by atoms with Crippen molar-refractivity contribution in [3.05, 3.63) is 46.7 Å². The highest BCUT2D eigenvalue weighted by Crippen LogP contribution is 2.25. The van der Waals surface area contributed by atoms with Crippen LogP contribution in [0.1, 0.15) is 24.4 Å². The third-order valence-corrected chi connectivity index (χ3v) is 3.17. The maximum Gasteiger partial charge on any atom is 0.132 e. The van der Waals surface area contributed by atoms with Gasteiger partial charge in [0.25, 0.3) is 0 Å². The van der Waals surface area contributed by atoms with Gasteiger partial charge in [-0.3, -0.25) is 0 Å². The van der Waals surface area contributed by atoms with E-state index in [1.165, 1.54) is 0 Å². The van der Waals surface area contributed by atoms with Crippen LogP contribution in [0.3, 0.4) is 0 Å². The SMILES string of the molecule is CNc1cc(NC(C)c2ccccc2Cl)nc(C)n1. The van der Waals surface area contributed by atoms with Crippen LogP contribution in [0.4, 0.5) is 11.6 Å². The number of halogens is 1. The molecule has 0 aliphatic rings. The van der Waals surface area contributed by atoms with E-state index >= 15 is 0 Å². The van der Waals surface area contributed by atoms with Crippen molar-refractivity contribution < 1.29 is 0 Å². The van der Waals surface area contributed by atoms with E-state index in [-0.39, 0.29) is 6.04 Å². The van der Waals surface area contributed by atoms with Crippen molar-refractivity contribution in [1.29, 1.82) is 0 Å². The Labute approximate surface area is 118 Å². The summed E-state index contributed by atoms with van der Waals surface area (Å²) in [5.41, 5.74) is 1.05. The van der Waals surface area contributed by atoms with Gasteiger partial charge < -0.3 is 10.6 Å². The minimum atomic E-state index is 0.0766. The predicted octanol–water partition coefficient (Wildman–Crippen LogP) is 3.65. The van der Waals surface area contributed by atoms with Gasteiger partial charge >= 0.3 is 0 Å². The molecule has 0 fully saturated rings. The van der Waals surface area contributed by atoms with Crippen LogP contribution < -0.4 is 10.6 Å². The summed E-state index contributed by atoms with van der Waals surface area (Å²) in [4.78, 5) is 8.63. The molecular weight excluding hydrogens is 260 g/mol. The lowest BCUT2D eigenvalue weighted by molar-refractivity contribution is 0.867. The second-order valence-corrected chi connectivity index (χ2v) is 4.73. The van der Waals surface area contributed by atoms with E-state index in [4.69, 9.17) is 11.6 Å². The molecule has 0 saturated heterocycles. The molecule has 19 heavy (non-hydrogen) atoms. The highest BCUT2D eigenvalue weighted by Gasteiger charge is 2.10. The molecule has 0 radical (unpaired) electrons. The minimum Gasteiger partial charge on any atom is -0.373 e. The third-order valence-electron chi connectivity index (χ3n) is 2.83. The minimum absolute atomic E-state index is 0.0766. The fraction of sp³-hybridized carbons (Fsp3) is 0.286. The van der Waals surface area contributed by atoms with Crippen LogP contribution >= 0.6 is 11.6 Å². The molecule has 1 atom stereocenters. The van der Waals surface area contributed by atoms with Gasteiger partial charge in [0.15, 0.2) is 0 Å². The molecule has 100 valence electrons. The molecule has 0 aliphatic heterocycles. The molecule has 0 aliphatic carbocycles. The van der Waals surface area contributed by atoms with Crippen LogP contribution in [0.15, 0.2) is 30.3 Å². The number of aryl methyl sites for hydroxylation is 1. The Morgan fingerprint density at radius 1 is 1.16 bits per heavy atom. The highest BCUT2D eigenvalue weighted by molar-refractivity contribution is 6.31. The van der Waals surface area contributed by atoms with Crippen molar-refractivity contribution in [2.24, 2.45) is 0 Å². The van der Waals surface area contributed by atoms with Gasteiger partial charge in [-0.1, -0.05) is 29.8 Å². The number of anilines is 2. The molecule has 0 bridgehead atoms. The molecule has 0 spiro atoms. The molecular formula is C14H17ClN4. The van der Waals surface area contributed by atoms with E-state index < -0.39 is 0 Å². The predicted molar refractivity (Wildman–Crippen MR) is 79.8 cm³/mol. The van der Waals surface area contributed by atoms with Gasteiger partial charge in [0.2, 0.25) is 0 Å². The molecule has 5 heteroatoms. The Morgan fingerprint density at radius 2 is 1.84 bits per heavy atom. The van der Waals surface area contributed by atoms with E-state index in [0.717, 1.165) is 28.0 Å². The number of aromatic nitrogens is 2. The zero-order chi connectivity index (χ0) is 13.8. The maximum atomic E-state index is 6.19. The lowest BCUT2D eigenvalue weighted by atomic mass is 10.1. The Balaban J connectivity index is 2.21. The molecule has 1 aromatic carbocycles. The van der Waals surface area contributed by atoms with Crippen LogP contribution in [-0.2, 0) is 0 Å². The summed E-state index contributed by atoms with van der Waals surface area (Å²) >= 11 is 6.19. The van der Waals surface area contributed by atoms with E-state index in [1.54, 1.807) is 0 Å². The smallest absolute Gasteiger partial charge is 0.132 e. The molecule has 1 heterocycles. The van der Waals surface area contributed by atoms with Crippen LogP contribution in [-0.4, -0.2) is 17.0 Å². The van der Waals surface area contributed by atoms with Gasteiger partial charge in [-0.2, -0.15) is 0 Å². The first-order valence-electron chi connectivity index (χ1n) is 6.14. The maximum absolute atomic E-state index is 6.19. The topological polar surface area (TPSA) is 49.8 Å². The molecule has 1 unspecified atom stereocenters. The van der Waals surface area contributed by atoms with Gasteiger partial charge in [0.1, 0.15) is 17.5 Å². The summed E-state index contributed by atoms with van der Waals surface area (Å²) in [7, 11) is 1.84. The van der Waals surface area contributed by atoms with Gasteiger partial charge in [0, 0.05) is 18.1 Å².